The third-order valence-corrected chi connectivity index (χ3v) is 12.8. The maximum atomic E-state index is 13.3. The average Bonchev–Trinajstić information content (AvgIpc) is 3.30. The first kappa shape index (κ1) is 31.5. The van der Waals surface area contributed by atoms with Crippen molar-refractivity contribution >= 4 is 13.9 Å². The number of nitrogens with zero attached hydrogens (tertiary/aromatic N) is 2. The minimum Gasteiger partial charge on any atom is -0.410 e. The monoisotopic (exact) mass is 619 g/mol. The smallest absolute Gasteiger partial charge is 0.410 e. The van der Waals surface area contributed by atoms with E-state index in [0.717, 1.165) is 83.7 Å². The molecule has 3 aliphatic carbocycles. The van der Waals surface area contributed by atoms with Crippen LogP contribution >= 0.6 is 7.82 Å². The van der Waals surface area contributed by atoms with E-state index in [1.54, 1.807) is 4.90 Å². The zero-order valence-electron chi connectivity index (χ0n) is 26.0. The molecule has 1 amide bonds. The van der Waals surface area contributed by atoms with Gasteiger partial charge in [-0.2, -0.15) is 0 Å². The van der Waals surface area contributed by atoms with Crippen LogP contribution in [0.4, 0.5) is 4.79 Å². The minimum absolute atomic E-state index is 0.0238. The number of carbonyl (C=O) groups is 1. The molecule has 2 saturated carbocycles. The first-order valence-corrected chi connectivity index (χ1v) is 18.4. The summed E-state index contributed by atoms with van der Waals surface area (Å²) in [5, 5.41) is 10.9. The summed E-state index contributed by atoms with van der Waals surface area (Å²) in [5.74, 6) is 2.94. The maximum Gasteiger partial charge on any atom is 0.474 e. The summed E-state index contributed by atoms with van der Waals surface area (Å²) in [6, 6.07) is 6.51. The van der Waals surface area contributed by atoms with Crippen LogP contribution in [0, 0.1) is 23.2 Å². The Bertz CT molecular complexity index is 1210. The number of phosphoric acid groups is 1. The van der Waals surface area contributed by atoms with Crippen molar-refractivity contribution < 1.29 is 38.0 Å². The van der Waals surface area contributed by atoms with Crippen LogP contribution in [0.5, 0.6) is 5.75 Å². The van der Waals surface area contributed by atoms with Crippen LogP contribution in [0.15, 0.2) is 18.2 Å². The number of quaternary nitrogens is 1. The normalized spacial score (nSPS) is 34.3. The Morgan fingerprint density at radius 2 is 1.84 bits per heavy atom. The van der Waals surface area contributed by atoms with Gasteiger partial charge in [0.1, 0.15) is 5.75 Å². The van der Waals surface area contributed by atoms with Crippen molar-refractivity contribution in [1.82, 2.24) is 4.90 Å². The molecule has 2 saturated heterocycles. The van der Waals surface area contributed by atoms with Crippen molar-refractivity contribution in [3.63, 3.8) is 0 Å². The Morgan fingerprint density at radius 1 is 1.09 bits per heavy atom. The molecule has 2 aliphatic heterocycles. The fourth-order valence-corrected chi connectivity index (χ4v) is 10.5. The number of benzene rings is 1. The summed E-state index contributed by atoms with van der Waals surface area (Å²) in [4.78, 5) is 33.8. The van der Waals surface area contributed by atoms with Crippen LogP contribution in [0.3, 0.4) is 0 Å². The standard InChI is InChI=1S/C33H51N2O7P/c1-3-7-23-20-24-21-26(8-9-27(24)28-12-15-33(2)29(31(23)28)10-11-30(33)36)42-32(37)34-16-13-25(14-17-34)35(18-5-4-6-19-35)22-41-43(38,39)40/h8-9,21,23,25,28-31,36H,3-7,10-20,22H2,1-2H3,(H-,38,39,40)/p+1/t23-,28-,29+,30+,31-,33+/m1/s1. The second-order valence-electron chi connectivity index (χ2n) is 14.6. The van der Waals surface area contributed by atoms with Gasteiger partial charge in [-0.15, -0.1) is 0 Å². The number of hydrogen-bond donors (Lipinski definition) is 3. The number of hydrogen-bond acceptors (Lipinski definition) is 5. The predicted molar refractivity (Wildman–Crippen MR) is 163 cm³/mol. The van der Waals surface area contributed by atoms with Gasteiger partial charge < -0.3 is 24.5 Å². The molecule has 6 rings (SSSR count). The summed E-state index contributed by atoms with van der Waals surface area (Å²) in [6.07, 6.45) is 11.9. The van der Waals surface area contributed by atoms with E-state index in [1.165, 1.54) is 17.5 Å². The van der Waals surface area contributed by atoms with E-state index in [0.29, 0.717) is 47.0 Å². The van der Waals surface area contributed by atoms with E-state index in [1.807, 2.05) is 6.07 Å². The van der Waals surface area contributed by atoms with Crippen molar-refractivity contribution in [2.45, 2.75) is 109 Å². The first-order valence-electron chi connectivity index (χ1n) is 16.9. The number of ether oxygens (including phenoxy) is 1. The van der Waals surface area contributed by atoms with Gasteiger partial charge in [-0.05, 0) is 104 Å². The van der Waals surface area contributed by atoms with Gasteiger partial charge in [-0.1, -0.05) is 32.8 Å². The van der Waals surface area contributed by atoms with Crippen LogP contribution in [0.2, 0.25) is 0 Å². The minimum atomic E-state index is -4.54. The molecule has 5 aliphatic rings. The quantitative estimate of drug-likeness (QED) is 0.255. The van der Waals surface area contributed by atoms with Gasteiger partial charge in [-0.25, -0.2) is 13.9 Å². The molecule has 0 bridgehead atoms. The number of phosphoric ester groups is 1. The predicted octanol–water partition coefficient (Wildman–Crippen LogP) is 5.96. The van der Waals surface area contributed by atoms with Crippen molar-refractivity contribution in [3.05, 3.63) is 29.3 Å². The lowest BCUT2D eigenvalue weighted by Crippen LogP contribution is -2.62. The molecule has 0 unspecified atom stereocenters. The average molecular weight is 620 g/mol. The number of amides is 1. The van der Waals surface area contributed by atoms with Gasteiger partial charge in [-0.3, -0.25) is 4.48 Å². The summed E-state index contributed by atoms with van der Waals surface area (Å²) < 4.78 is 23.0. The Labute approximate surface area is 256 Å². The van der Waals surface area contributed by atoms with Crippen molar-refractivity contribution in [2.24, 2.45) is 23.2 Å². The highest BCUT2D eigenvalue weighted by Gasteiger charge is 2.56. The number of likely N-dealkylation sites (tertiary alicyclic amines) is 2. The largest absolute Gasteiger partial charge is 0.474 e. The molecule has 4 fully saturated rings. The molecule has 2 heterocycles. The van der Waals surface area contributed by atoms with Gasteiger partial charge in [0.25, 0.3) is 0 Å². The molecule has 43 heavy (non-hydrogen) atoms. The highest BCUT2D eigenvalue weighted by Crippen LogP contribution is 2.62. The van der Waals surface area contributed by atoms with Crippen LogP contribution < -0.4 is 4.74 Å². The summed E-state index contributed by atoms with van der Waals surface area (Å²) >= 11 is 0. The SMILES string of the molecule is CCC[C@@H]1Cc2cc(OC(=O)N3CCC([N+]4(COP(=O)(O)O)CCCCC4)CC3)ccc2[C@H]2CC[C@]3(C)[C@@H](O)CC[C@H]3[C@H]12. The molecule has 1 aromatic carbocycles. The lowest BCUT2D eigenvalue weighted by atomic mass is 9.52. The molecular formula is C33H52N2O7P+. The molecule has 0 spiro atoms. The Morgan fingerprint density at radius 3 is 2.53 bits per heavy atom. The molecular weight excluding hydrogens is 567 g/mol. The molecule has 1 aromatic rings. The molecule has 0 radical (unpaired) electrons. The highest BCUT2D eigenvalue weighted by atomic mass is 31.2. The Kier molecular flexibility index (Phi) is 9.06. The third kappa shape index (κ3) is 6.19. The number of aliphatic hydroxyl groups is 1. The Balaban J connectivity index is 1.11. The van der Waals surface area contributed by atoms with Gasteiger partial charge in [0.2, 0.25) is 0 Å². The zero-order chi connectivity index (χ0) is 30.4. The van der Waals surface area contributed by atoms with E-state index < -0.39 is 7.82 Å². The van der Waals surface area contributed by atoms with E-state index in [9.17, 15) is 24.3 Å². The Hall–Kier alpha value is -1.48. The second-order valence-corrected chi connectivity index (χ2v) is 15.8. The number of aliphatic hydroxyl groups excluding tert-OH is 1. The summed E-state index contributed by atoms with van der Waals surface area (Å²) in [6.45, 7) is 7.47. The highest BCUT2D eigenvalue weighted by molar-refractivity contribution is 7.46. The fourth-order valence-electron chi connectivity index (χ4n) is 10.1. The fraction of sp³-hybridized carbons (Fsp3) is 0.788. The van der Waals surface area contributed by atoms with Gasteiger partial charge in [0.15, 0.2) is 6.73 Å². The van der Waals surface area contributed by atoms with E-state index >= 15 is 0 Å². The first-order chi connectivity index (χ1) is 20.5. The van der Waals surface area contributed by atoms with Crippen LogP contribution in [0.25, 0.3) is 0 Å². The summed E-state index contributed by atoms with van der Waals surface area (Å²) in [5.41, 5.74) is 2.80. The van der Waals surface area contributed by atoms with Gasteiger partial charge in [0.05, 0.1) is 25.2 Å². The summed E-state index contributed by atoms with van der Waals surface area (Å²) in [7, 11) is -4.54. The van der Waals surface area contributed by atoms with Gasteiger partial charge >= 0.3 is 13.9 Å². The van der Waals surface area contributed by atoms with Crippen molar-refractivity contribution in [3.8, 4) is 5.75 Å². The van der Waals surface area contributed by atoms with Crippen LogP contribution in [0.1, 0.15) is 102 Å². The number of piperidine rings is 2. The van der Waals surface area contributed by atoms with Crippen molar-refractivity contribution in [2.75, 3.05) is 32.9 Å². The van der Waals surface area contributed by atoms with E-state index in [2.05, 4.69) is 26.0 Å². The molecule has 0 aromatic heterocycles. The van der Waals surface area contributed by atoms with Crippen LogP contribution in [-0.4, -0.2) is 75.4 Å². The molecule has 3 N–H and O–H groups in total. The topological polar surface area (TPSA) is 117 Å². The third-order valence-electron chi connectivity index (χ3n) is 12.4. The molecule has 10 heteroatoms. The number of rotatable bonds is 7. The van der Waals surface area contributed by atoms with Crippen LogP contribution in [-0.2, 0) is 15.5 Å². The molecule has 240 valence electrons. The van der Waals surface area contributed by atoms with Crippen molar-refractivity contribution in [1.29, 1.82) is 0 Å². The number of fused-ring (bicyclic) bond motifs is 5. The second kappa shape index (κ2) is 12.4. The van der Waals surface area contributed by atoms with Gasteiger partial charge in [0, 0.05) is 25.9 Å². The maximum absolute atomic E-state index is 13.3. The lowest BCUT2D eigenvalue weighted by Gasteiger charge is -2.53. The van der Waals surface area contributed by atoms with E-state index in [-0.39, 0.29) is 30.4 Å². The lowest BCUT2D eigenvalue weighted by molar-refractivity contribution is -0.970. The molecule has 9 nitrogen and oxygen atoms in total. The number of carbonyl (C=O) groups excluding carboxylic acids is 1. The van der Waals surface area contributed by atoms with E-state index in [4.69, 9.17) is 9.26 Å². The molecule has 6 atom stereocenters. The zero-order valence-corrected chi connectivity index (χ0v) is 26.9.